The molecule has 0 aliphatic rings. The number of alkyl halides is 3. The zero-order chi connectivity index (χ0) is 19.3. The van der Waals surface area contributed by atoms with Gasteiger partial charge in [-0.3, -0.25) is 4.79 Å². The van der Waals surface area contributed by atoms with Crippen LogP contribution in [-0.2, 0) is 22.1 Å². The van der Waals surface area contributed by atoms with Crippen LogP contribution in [0.5, 0.6) is 0 Å². The normalized spacial score (nSPS) is 12.3. The van der Waals surface area contributed by atoms with E-state index in [0.717, 1.165) is 19.2 Å². The first-order valence-electron chi connectivity index (χ1n) is 7.51. The summed E-state index contributed by atoms with van der Waals surface area (Å²) in [5.41, 5.74) is -1.11. The third kappa shape index (κ3) is 4.81. The molecule has 0 aliphatic carbocycles. The molecule has 0 heterocycles. The molecule has 0 fully saturated rings. The van der Waals surface area contributed by atoms with E-state index in [1.807, 2.05) is 0 Å². The number of carbonyl (C=O) groups is 2. The van der Waals surface area contributed by atoms with Crippen LogP contribution in [0.15, 0.2) is 48.5 Å². The van der Waals surface area contributed by atoms with Crippen molar-refractivity contribution in [3.8, 4) is 0 Å². The summed E-state index contributed by atoms with van der Waals surface area (Å²) >= 11 is 0. The van der Waals surface area contributed by atoms with Crippen molar-refractivity contribution in [3.05, 3.63) is 71.0 Å². The minimum Gasteiger partial charge on any atom is -0.467 e. The highest BCUT2D eigenvalue weighted by atomic mass is 19.4. The predicted octanol–water partition coefficient (Wildman–Crippen LogP) is 3.36. The molecule has 26 heavy (non-hydrogen) atoms. The Morgan fingerprint density at radius 2 is 1.81 bits per heavy atom. The van der Waals surface area contributed by atoms with Crippen LogP contribution >= 0.6 is 0 Å². The van der Waals surface area contributed by atoms with Crippen molar-refractivity contribution < 1.29 is 31.9 Å². The number of benzene rings is 2. The zero-order valence-corrected chi connectivity index (χ0v) is 13.6. The second kappa shape index (κ2) is 7.99. The Morgan fingerprint density at radius 1 is 1.12 bits per heavy atom. The maximum atomic E-state index is 13.8. The van der Waals surface area contributed by atoms with E-state index in [9.17, 15) is 27.2 Å². The number of methoxy groups -OCH3 is 1. The minimum absolute atomic E-state index is 0.159. The fourth-order valence-electron chi connectivity index (χ4n) is 2.30. The summed E-state index contributed by atoms with van der Waals surface area (Å²) in [6, 6.07) is 8.16. The first-order valence-corrected chi connectivity index (χ1v) is 7.51. The van der Waals surface area contributed by atoms with Crippen LogP contribution in [0.3, 0.4) is 0 Å². The lowest BCUT2D eigenvalue weighted by Gasteiger charge is -2.17. The van der Waals surface area contributed by atoms with Gasteiger partial charge < -0.3 is 10.1 Å². The molecule has 0 unspecified atom stereocenters. The Balaban J connectivity index is 2.22. The molecule has 0 saturated heterocycles. The maximum absolute atomic E-state index is 13.8. The number of nitrogens with one attached hydrogen (secondary N) is 1. The fourth-order valence-corrected chi connectivity index (χ4v) is 2.30. The average Bonchev–Trinajstić information content (AvgIpc) is 2.61. The molecular weight excluding hydrogens is 354 g/mol. The van der Waals surface area contributed by atoms with Gasteiger partial charge in [0.2, 0.25) is 0 Å². The van der Waals surface area contributed by atoms with Crippen molar-refractivity contribution in [2.45, 2.75) is 18.6 Å². The van der Waals surface area contributed by atoms with E-state index in [2.05, 4.69) is 10.1 Å². The van der Waals surface area contributed by atoms with E-state index in [1.165, 1.54) is 24.3 Å². The highest BCUT2D eigenvalue weighted by Crippen LogP contribution is 2.29. The summed E-state index contributed by atoms with van der Waals surface area (Å²) in [5, 5.41) is 2.29. The van der Waals surface area contributed by atoms with Crippen molar-refractivity contribution in [3.63, 3.8) is 0 Å². The van der Waals surface area contributed by atoms with Crippen molar-refractivity contribution in [2.24, 2.45) is 0 Å². The summed E-state index contributed by atoms with van der Waals surface area (Å²) in [6.07, 6.45) is -4.81. The van der Waals surface area contributed by atoms with Gasteiger partial charge in [0.15, 0.2) is 0 Å². The van der Waals surface area contributed by atoms with Crippen LogP contribution in [0.1, 0.15) is 21.5 Å². The summed E-state index contributed by atoms with van der Waals surface area (Å²) in [4.78, 5) is 24.1. The molecule has 8 heteroatoms. The van der Waals surface area contributed by atoms with Gasteiger partial charge >= 0.3 is 12.1 Å². The number of rotatable bonds is 5. The molecule has 0 saturated carbocycles. The molecule has 2 aromatic rings. The van der Waals surface area contributed by atoms with Crippen molar-refractivity contribution >= 4 is 11.9 Å². The lowest BCUT2D eigenvalue weighted by atomic mass is 10.0. The summed E-state index contributed by atoms with van der Waals surface area (Å²) in [5.74, 6) is -2.31. The first-order chi connectivity index (χ1) is 12.2. The molecule has 1 N–H and O–H groups in total. The van der Waals surface area contributed by atoms with Crippen LogP contribution in [0, 0.1) is 5.82 Å². The fraction of sp³-hybridized carbons (Fsp3) is 0.222. The second-order valence-electron chi connectivity index (χ2n) is 5.42. The Bertz CT molecular complexity index is 805. The highest BCUT2D eigenvalue weighted by Gasteiger charge is 2.31. The molecule has 138 valence electrons. The van der Waals surface area contributed by atoms with E-state index >= 15 is 0 Å². The monoisotopic (exact) mass is 369 g/mol. The Labute approximate surface area is 146 Å². The number of halogens is 4. The Hall–Kier alpha value is -2.90. The Kier molecular flexibility index (Phi) is 5.97. The molecular formula is C18H15F4NO3. The van der Waals surface area contributed by atoms with E-state index in [0.29, 0.717) is 6.07 Å². The standard InChI is InChI=1S/C18H15F4NO3/c1-26-17(25)15(10-11-5-2-3-8-14(11)19)23-16(24)12-6-4-7-13(9-12)18(20,21)22/h2-9,15H,10H2,1H3,(H,23,24)/t15-/m0/s1. The maximum Gasteiger partial charge on any atom is 0.416 e. The summed E-state index contributed by atoms with van der Waals surface area (Å²) in [6.45, 7) is 0. The van der Waals surface area contributed by atoms with Gasteiger partial charge in [0.1, 0.15) is 11.9 Å². The number of hydrogen-bond acceptors (Lipinski definition) is 3. The van der Waals surface area contributed by atoms with Crippen LogP contribution in [0.4, 0.5) is 17.6 Å². The molecule has 1 atom stereocenters. The molecule has 0 bridgehead atoms. The molecule has 4 nitrogen and oxygen atoms in total. The number of carbonyl (C=O) groups excluding carboxylic acids is 2. The number of ether oxygens (including phenoxy) is 1. The highest BCUT2D eigenvalue weighted by molar-refractivity contribution is 5.97. The van der Waals surface area contributed by atoms with Crippen LogP contribution in [0.2, 0.25) is 0 Å². The number of hydrogen-bond donors (Lipinski definition) is 1. The SMILES string of the molecule is COC(=O)[C@H](Cc1ccccc1F)NC(=O)c1cccc(C(F)(F)F)c1. The van der Waals surface area contributed by atoms with Gasteiger partial charge in [0, 0.05) is 12.0 Å². The molecule has 0 aliphatic heterocycles. The molecule has 1 amide bonds. The molecule has 2 aromatic carbocycles. The van der Waals surface area contributed by atoms with Crippen LogP contribution in [0.25, 0.3) is 0 Å². The second-order valence-corrected chi connectivity index (χ2v) is 5.42. The predicted molar refractivity (Wildman–Crippen MR) is 84.8 cm³/mol. The quantitative estimate of drug-likeness (QED) is 0.650. The van der Waals surface area contributed by atoms with Crippen molar-refractivity contribution in [1.29, 1.82) is 0 Å². The molecule has 0 aromatic heterocycles. The number of esters is 1. The van der Waals surface area contributed by atoms with Gasteiger partial charge in [-0.05, 0) is 29.8 Å². The van der Waals surface area contributed by atoms with Gasteiger partial charge in [-0.1, -0.05) is 24.3 Å². The average molecular weight is 369 g/mol. The van der Waals surface area contributed by atoms with E-state index in [1.54, 1.807) is 6.07 Å². The molecule has 2 rings (SSSR count). The molecule has 0 spiro atoms. The summed E-state index contributed by atoms with van der Waals surface area (Å²) in [7, 11) is 1.09. The summed E-state index contributed by atoms with van der Waals surface area (Å²) < 4.78 is 56.6. The topological polar surface area (TPSA) is 55.4 Å². The van der Waals surface area contributed by atoms with Gasteiger partial charge in [0.05, 0.1) is 12.7 Å². The van der Waals surface area contributed by atoms with Gasteiger partial charge in [-0.2, -0.15) is 13.2 Å². The first kappa shape index (κ1) is 19.4. The van der Waals surface area contributed by atoms with E-state index in [4.69, 9.17) is 0 Å². The third-order valence-corrected chi connectivity index (χ3v) is 3.62. The van der Waals surface area contributed by atoms with E-state index in [-0.39, 0.29) is 17.5 Å². The Morgan fingerprint density at radius 3 is 2.42 bits per heavy atom. The molecule has 0 radical (unpaired) electrons. The van der Waals surface area contributed by atoms with Gasteiger partial charge in [-0.25, -0.2) is 9.18 Å². The van der Waals surface area contributed by atoms with Gasteiger partial charge in [-0.15, -0.1) is 0 Å². The van der Waals surface area contributed by atoms with E-state index < -0.39 is 35.5 Å². The largest absolute Gasteiger partial charge is 0.467 e. The lowest BCUT2D eigenvalue weighted by molar-refractivity contribution is -0.143. The third-order valence-electron chi connectivity index (χ3n) is 3.62. The number of amides is 1. The van der Waals surface area contributed by atoms with Crippen LogP contribution in [-0.4, -0.2) is 25.0 Å². The van der Waals surface area contributed by atoms with Crippen LogP contribution < -0.4 is 5.32 Å². The zero-order valence-electron chi connectivity index (χ0n) is 13.6. The lowest BCUT2D eigenvalue weighted by Crippen LogP contribution is -2.43. The smallest absolute Gasteiger partial charge is 0.416 e. The van der Waals surface area contributed by atoms with Gasteiger partial charge in [0.25, 0.3) is 5.91 Å². The van der Waals surface area contributed by atoms with Crippen molar-refractivity contribution in [1.82, 2.24) is 5.32 Å². The van der Waals surface area contributed by atoms with Crippen molar-refractivity contribution in [2.75, 3.05) is 7.11 Å². The minimum atomic E-state index is -4.61.